The van der Waals surface area contributed by atoms with E-state index in [9.17, 15) is 14.9 Å². The molecule has 164 valence electrons. The van der Waals surface area contributed by atoms with Crippen molar-refractivity contribution in [2.45, 2.75) is 31.7 Å². The van der Waals surface area contributed by atoms with Crippen molar-refractivity contribution in [1.82, 2.24) is 9.97 Å². The number of carbonyl (C=O) groups is 2. The van der Waals surface area contributed by atoms with Crippen LogP contribution in [0.1, 0.15) is 30.2 Å². The van der Waals surface area contributed by atoms with E-state index in [-0.39, 0.29) is 24.7 Å². The number of hydrogen-bond acceptors (Lipinski definition) is 8. The summed E-state index contributed by atoms with van der Waals surface area (Å²) in [7, 11) is 0. The maximum atomic E-state index is 12.3. The lowest BCUT2D eigenvalue weighted by Crippen LogP contribution is -2.12. The first kappa shape index (κ1) is 23.4. The third-order valence-electron chi connectivity index (χ3n) is 4.32. The Bertz CT molecular complexity index is 1140. The number of ether oxygens (including phenoxy) is 1. The minimum Gasteiger partial charge on any atom is -0.466 e. The summed E-state index contributed by atoms with van der Waals surface area (Å²) in [5.74, 6) is -0.0742. The van der Waals surface area contributed by atoms with Crippen LogP contribution in [0.3, 0.4) is 0 Å². The molecule has 0 radical (unpaired) electrons. The van der Waals surface area contributed by atoms with E-state index in [1.54, 1.807) is 18.4 Å². The molecule has 0 unspecified atom stereocenters. The van der Waals surface area contributed by atoms with Gasteiger partial charge in [0.2, 0.25) is 5.91 Å². The monoisotopic (exact) mass is 466 g/mol. The minimum absolute atomic E-state index is 0.0794. The summed E-state index contributed by atoms with van der Waals surface area (Å²) < 4.78 is 4.90. The first-order chi connectivity index (χ1) is 15.5. The predicted octanol–water partition coefficient (Wildman–Crippen LogP) is 4.61. The predicted molar refractivity (Wildman–Crippen MR) is 126 cm³/mol. The number of aryl methyl sites for hydroxylation is 1. The second-order valence-corrected chi connectivity index (χ2v) is 8.74. The molecule has 1 aromatic carbocycles. The molecule has 0 saturated heterocycles. The van der Waals surface area contributed by atoms with Crippen molar-refractivity contribution in [3.63, 3.8) is 0 Å². The fourth-order valence-electron chi connectivity index (χ4n) is 2.75. The fraction of sp³-hybridized carbons (Fsp3) is 0.261. The number of benzene rings is 1. The number of hydrogen-bond donors (Lipinski definition) is 1. The molecule has 0 aliphatic rings. The second-order valence-electron chi connectivity index (χ2n) is 6.80. The number of thioether (sulfide) groups is 1. The normalized spacial score (nSPS) is 10.4. The van der Waals surface area contributed by atoms with Gasteiger partial charge in [0.25, 0.3) is 0 Å². The molecule has 32 heavy (non-hydrogen) atoms. The SMILES string of the molecule is CCOC(=O)Cc1csc(NC(=O)CCSc2nc(-c3ccc(C)cc3)ccc2C#N)n1. The van der Waals surface area contributed by atoms with Crippen molar-refractivity contribution < 1.29 is 14.3 Å². The highest BCUT2D eigenvalue weighted by molar-refractivity contribution is 7.99. The van der Waals surface area contributed by atoms with E-state index in [4.69, 9.17) is 4.74 Å². The Balaban J connectivity index is 1.55. The van der Waals surface area contributed by atoms with Gasteiger partial charge in [0.1, 0.15) is 11.1 Å². The van der Waals surface area contributed by atoms with E-state index >= 15 is 0 Å². The summed E-state index contributed by atoms with van der Waals surface area (Å²) in [5, 5.41) is 14.9. The number of anilines is 1. The molecule has 0 saturated carbocycles. The lowest BCUT2D eigenvalue weighted by Gasteiger charge is -2.07. The number of thiazole rings is 1. The van der Waals surface area contributed by atoms with Gasteiger partial charge in [-0.15, -0.1) is 23.1 Å². The highest BCUT2D eigenvalue weighted by Gasteiger charge is 2.12. The molecule has 3 aromatic rings. The van der Waals surface area contributed by atoms with Gasteiger partial charge in [0, 0.05) is 23.1 Å². The molecule has 0 atom stereocenters. The molecular weight excluding hydrogens is 444 g/mol. The van der Waals surface area contributed by atoms with E-state index < -0.39 is 0 Å². The van der Waals surface area contributed by atoms with Crippen LogP contribution in [0.2, 0.25) is 0 Å². The number of aromatic nitrogens is 2. The second kappa shape index (κ2) is 11.4. The van der Waals surface area contributed by atoms with Gasteiger partial charge in [-0.1, -0.05) is 29.8 Å². The zero-order chi connectivity index (χ0) is 22.9. The molecule has 3 rings (SSSR count). The zero-order valence-electron chi connectivity index (χ0n) is 17.8. The average Bonchev–Trinajstić information content (AvgIpc) is 3.20. The molecule has 1 N–H and O–H groups in total. The molecule has 2 heterocycles. The summed E-state index contributed by atoms with van der Waals surface area (Å²) in [4.78, 5) is 32.7. The van der Waals surface area contributed by atoms with E-state index in [1.807, 2.05) is 37.3 Å². The molecule has 9 heteroatoms. The molecule has 2 aromatic heterocycles. The van der Waals surface area contributed by atoms with Crippen molar-refractivity contribution >= 4 is 40.1 Å². The van der Waals surface area contributed by atoms with Crippen LogP contribution in [0.25, 0.3) is 11.3 Å². The maximum absolute atomic E-state index is 12.3. The Labute approximate surface area is 194 Å². The Hall–Kier alpha value is -3.22. The van der Waals surface area contributed by atoms with E-state index in [1.165, 1.54) is 23.1 Å². The van der Waals surface area contributed by atoms with Crippen molar-refractivity contribution in [3.05, 3.63) is 58.6 Å². The van der Waals surface area contributed by atoms with Crippen LogP contribution < -0.4 is 5.32 Å². The number of carbonyl (C=O) groups excluding carboxylic acids is 2. The van der Waals surface area contributed by atoms with E-state index in [0.29, 0.717) is 33.8 Å². The van der Waals surface area contributed by atoms with Crippen LogP contribution in [-0.2, 0) is 20.7 Å². The molecule has 0 aliphatic heterocycles. The third kappa shape index (κ3) is 6.64. The number of nitrogens with zero attached hydrogens (tertiary/aromatic N) is 3. The molecule has 7 nitrogen and oxygen atoms in total. The Morgan fingerprint density at radius 1 is 1.19 bits per heavy atom. The maximum Gasteiger partial charge on any atom is 0.311 e. The largest absolute Gasteiger partial charge is 0.466 e. The molecule has 0 fully saturated rings. The summed E-state index contributed by atoms with van der Waals surface area (Å²) in [6.07, 6.45) is 0.314. The summed E-state index contributed by atoms with van der Waals surface area (Å²) in [6.45, 7) is 4.09. The summed E-state index contributed by atoms with van der Waals surface area (Å²) in [5.41, 5.74) is 3.97. The lowest BCUT2D eigenvalue weighted by atomic mass is 10.1. The molecule has 0 aliphatic carbocycles. The summed E-state index contributed by atoms with van der Waals surface area (Å²) in [6, 6.07) is 13.8. The van der Waals surface area contributed by atoms with Crippen LogP contribution in [0.15, 0.2) is 46.8 Å². The van der Waals surface area contributed by atoms with Gasteiger partial charge >= 0.3 is 5.97 Å². The Morgan fingerprint density at radius 2 is 1.97 bits per heavy atom. The number of esters is 1. The molecule has 0 spiro atoms. The standard InChI is InChI=1S/C23H22N4O3S2/c1-3-30-21(29)12-18-14-32-23(25-18)27-20(28)10-11-31-22-17(13-24)8-9-19(26-22)16-6-4-15(2)5-7-16/h4-9,14H,3,10-12H2,1-2H3,(H,25,27,28). The van der Waals surface area contributed by atoms with E-state index in [0.717, 1.165) is 16.8 Å². The average molecular weight is 467 g/mol. The first-order valence-corrected chi connectivity index (χ1v) is 11.9. The minimum atomic E-state index is -0.347. The smallest absolute Gasteiger partial charge is 0.311 e. The van der Waals surface area contributed by atoms with Crippen LogP contribution >= 0.6 is 23.1 Å². The number of nitrogens with one attached hydrogen (secondary N) is 1. The van der Waals surface area contributed by atoms with Crippen molar-refractivity contribution in [3.8, 4) is 17.3 Å². The topological polar surface area (TPSA) is 105 Å². The molecule has 0 bridgehead atoms. The zero-order valence-corrected chi connectivity index (χ0v) is 19.4. The first-order valence-electron chi connectivity index (χ1n) is 9.99. The lowest BCUT2D eigenvalue weighted by molar-refractivity contribution is -0.142. The fourth-order valence-corrected chi connectivity index (χ4v) is 4.39. The van der Waals surface area contributed by atoms with Gasteiger partial charge < -0.3 is 10.1 Å². The van der Waals surface area contributed by atoms with Crippen LogP contribution in [0, 0.1) is 18.3 Å². The van der Waals surface area contributed by atoms with Crippen LogP contribution in [0.4, 0.5) is 5.13 Å². The molecule has 1 amide bonds. The Morgan fingerprint density at radius 3 is 2.69 bits per heavy atom. The van der Waals surface area contributed by atoms with E-state index in [2.05, 4.69) is 21.4 Å². The number of pyridine rings is 1. The van der Waals surface area contributed by atoms with Gasteiger partial charge in [-0.05, 0) is 26.0 Å². The summed E-state index contributed by atoms with van der Waals surface area (Å²) >= 11 is 2.63. The van der Waals surface area contributed by atoms with Gasteiger partial charge in [-0.2, -0.15) is 5.26 Å². The number of rotatable bonds is 9. The van der Waals surface area contributed by atoms with Gasteiger partial charge in [0.05, 0.1) is 30.0 Å². The Kier molecular flexibility index (Phi) is 8.36. The van der Waals surface area contributed by atoms with Gasteiger partial charge in [-0.25, -0.2) is 9.97 Å². The van der Waals surface area contributed by atoms with Crippen molar-refractivity contribution in [1.29, 1.82) is 5.26 Å². The van der Waals surface area contributed by atoms with Gasteiger partial charge in [0.15, 0.2) is 5.13 Å². The highest BCUT2D eigenvalue weighted by atomic mass is 32.2. The molecular formula is C23H22N4O3S2. The third-order valence-corrected chi connectivity index (χ3v) is 6.12. The highest BCUT2D eigenvalue weighted by Crippen LogP contribution is 2.26. The van der Waals surface area contributed by atoms with Crippen molar-refractivity contribution in [2.24, 2.45) is 0 Å². The number of amides is 1. The van der Waals surface area contributed by atoms with Crippen LogP contribution in [0.5, 0.6) is 0 Å². The quantitative estimate of drug-likeness (QED) is 0.363. The van der Waals surface area contributed by atoms with Gasteiger partial charge in [-0.3, -0.25) is 9.59 Å². The van der Waals surface area contributed by atoms with Crippen molar-refractivity contribution in [2.75, 3.05) is 17.7 Å². The van der Waals surface area contributed by atoms with Crippen LogP contribution in [-0.4, -0.2) is 34.2 Å². The number of nitriles is 1.